The van der Waals surface area contributed by atoms with E-state index in [4.69, 9.17) is 10.8 Å². The van der Waals surface area contributed by atoms with Gasteiger partial charge in [-0.15, -0.1) is 11.3 Å². The zero-order chi connectivity index (χ0) is 13.8. The summed E-state index contributed by atoms with van der Waals surface area (Å²) >= 11 is 1.19. The topological polar surface area (TPSA) is 105 Å². The minimum Gasteiger partial charge on any atom is -0.476 e. The molecule has 0 bridgehead atoms. The van der Waals surface area contributed by atoms with Crippen LogP contribution in [0.3, 0.4) is 0 Å². The van der Waals surface area contributed by atoms with E-state index in [2.05, 4.69) is 10.3 Å². The Morgan fingerprint density at radius 1 is 1.32 bits per heavy atom. The van der Waals surface area contributed by atoms with Gasteiger partial charge in [-0.3, -0.25) is 4.79 Å². The fourth-order valence-electron chi connectivity index (χ4n) is 1.38. The number of carboxylic acids is 1. The van der Waals surface area contributed by atoms with Crippen molar-refractivity contribution in [1.29, 1.82) is 0 Å². The molecule has 2 aromatic rings. The Labute approximate surface area is 112 Å². The molecule has 0 aliphatic rings. The van der Waals surface area contributed by atoms with Crippen LogP contribution in [0.1, 0.15) is 25.9 Å². The number of carbonyl (C=O) groups is 2. The highest BCUT2D eigenvalue weighted by molar-refractivity contribution is 7.09. The first-order valence-corrected chi connectivity index (χ1v) is 6.25. The highest BCUT2D eigenvalue weighted by Crippen LogP contribution is 2.10. The minimum atomic E-state index is -1.08. The summed E-state index contributed by atoms with van der Waals surface area (Å²) in [5.41, 5.74) is 6.59. The lowest BCUT2D eigenvalue weighted by atomic mass is 10.2. The number of rotatable bonds is 4. The quantitative estimate of drug-likeness (QED) is 0.732. The number of nitrogens with zero attached hydrogens (tertiary/aromatic N) is 1. The van der Waals surface area contributed by atoms with Gasteiger partial charge in [0, 0.05) is 16.6 Å². The Kier molecular flexibility index (Phi) is 3.76. The summed E-state index contributed by atoms with van der Waals surface area (Å²) in [4.78, 5) is 26.3. The molecule has 4 N–H and O–H groups in total. The van der Waals surface area contributed by atoms with Crippen molar-refractivity contribution in [3.8, 4) is 0 Å². The van der Waals surface area contributed by atoms with Crippen LogP contribution in [0.2, 0.25) is 0 Å². The van der Waals surface area contributed by atoms with Gasteiger partial charge in [-0.2, -0.15) is 0 Å². The number of carbonyl (C=O) groups excluding carboxylic acids is 1. The third-order valence-corrected chi connectivity index (χ3v) is 3.19. The van der Waals surface area contributed by atoms with Crippen LogP contribution in [0.15, 0.2) is 29.6 Å². The van der Waals surface area contributed by atoms with Gasteiger partial charge in [-0.1, -0.05) is 0 Å². The van der Waals surface area contributed by atoms with Crippen molar-refractivity contribution in [2.24, 2.45) is 0 Å². The van der Waals surface area contributed by atoms with Crippen LogP contribution in [0.5, 0.6) is 0 Å². The zero-order valence-electron chi connectivity index (χ0n) is 9.79. The van der Waals surface area contributed by atoms with Gasteiger partial charge in [0.15, 0.2) is 5.69 Å². The smallest absolute Gasteiger partial charge is 0.355 e. The molecule has 0 spiro atoms. The summed E-state index contributed by atoms with van der Waals surface area (Å²) < 4.78 is 0. The summed E-state index contributed by atoms with van der Waals surface area (Å²) in [7, 11) is 0. The maximum absolute atomic E-state index is 11.8. The van der Waals surface area contributed by atoms with Crippen LogP contribution in [-0.4, -0.2) is 22.0 Å². The third-order valence-electron chi connectivity index (χ3n) is 2.34. The number of nitrogen functional groups attached to an aromatic ring is 1. The lowest BCUT2D eigenvalue weighted by Gasteiger charge is -2.03. The van der Waals surface area contributed by atoms with Gasteiger partial charge in [0.25, 0.3) is 5.91 Å². The first kappa shape index (κ1) is 13.0. The van der Waals surface area contributed by atoms with Crippen molar-refractivity contribution in [2.75, 3.05) is 5.73 Å². The maximum Gasteiger partial charge on any atom is 0.355 e. The van der Waals surface area contributed by atoms with Gasteiger partial charge in [-0.05, 0) is 24.3 Å². The molecule has 0 saturated carbocycles. The molecule has 98 valence electrons. The number of hydrogen-bond donors (Lipinski definition) is 3. The molecule has 19 heavy (non-hydrogen) atoms. The Morgan fingerprint density at radius 2 is 2.00 bits per heavy atom. The summed E-state index contributed by atoms with van der Waals surface area (Å²) in [6.45, 7) is 0.196. The van der Waals surface area contributed by atoms with Crippen molar-refractivity contribution in [3.05, 3.63) is 45.9 Å². The maximum atomic E-state index is 11.8. The van der Waals surface area contributed by atoms with Crippen molar-refractivity contribution < 1.29 is 14.7 Å². The highest BCUT2D eigenvalue weighted by Gasteiger charge is 2.10. The highest BCUT2D eigenvalue weighted by atomic mass is 32.1. The molecular formula is C12H11N3O3S. The number of hydrogen-bond acceptors (Lipinski definition) is 5. The molecule has 0 fully saturated rings. The van der Waals surface area contributed by atoms with E-state index in [-0.39, 0.29) is 18.1 Å². The first-order valence-electron chi connectivity index (χ1n) is 5.37. The number of benzene rings is 1. The number of thiazole rings is 1. The number of nitrogens with one attached hydrogen (secondary N) is 1. The second-order valence-corrected chi connectivity index (χ2v) is 4.68. The normalized spacial score (nSPS) is 10.1. The van der Waals surface area contributed by atoms with Crippen molar-refractivity contribution in [2.45, 2.75) is 6.54 Å². The second-order valence-electron chi connectivity index (χ2n) is 3.74. The van der Waals surface area contributed by atoms with E-state index in [0.717, 1.165) is 0 Å². The zero-order valence-corrected chi connectivity index (χ0v) is 10.6. The van der Waals surface area contributed by atoms with Crippen LogP contribution in [-0.2, 0) is 6.54 Å². The molecule has 1 aromatic carbocycles. The van der Waals surface area contributed by atoms with E-state index < -0.39 is 5.97 Å². The van der Waals surface area contributed by atoms with Crippen LogP contribution in [0.4, 0.5) is 5.69 Å². The van der Waals surface area contributed by atoms with Gasteiger partial charge in [0.05, 0.1) is 6.54 Å². The van der Waals surface area contributed by atoms with E-state index >= 15 is 0 Å². The second kappa shape index (κ2) is 5.49. The predicted molar refractivity (Wildman–Crippen MR) is 71.1 cm³/mol. The first-order chi connectivity index (χ1) is 9.06. The molecule has 0 aliphatic carbocycles. The van der Waals surface area contributed by atoms with E-state index in [1.165, 1.54) is 16.7 Å². The molecule has 2 rings (SSSR count). The monoisotopic (exact) mass is 277 g/mol. The number of anilines is 1. The van der Waals surface area contributed by atoms with Gasteiger partial charge in [-0.25, -0.2) is 9.78 Å². The van der Waals surface area contributed by atoms with E-state index in [0.29, 0.717) is 16.3 Å². The molecular weight excluding hydrogens is 266 g/mol. The summed E-state index contributed by atoms with van der Waals surface area (Å²) in [5.74, 6) is -1.33. The molecule has 0 atom stereocenters. The molecule has 0 unspecified atom stereocenters. The van der Waals surface area contributed by atoms with E-state index in [9.17, 15) is 9.59 Å². The van der Waals surface area contributed by atoms with Crippen LogP contribution in [0.25, 0.3) is 0 Å². The fraction of sp³-hybridized carbons (Fsp3) is 0.0833. The Hall–Kier alpha value is -2.41. The minimum absolute atomic E-state index is 0.0123. The van der Waals surface area contributed by atoms with E-state index in [1.54, 1.807) is 24.3 Å². The predicted octanol–water partition coefficient (Wildman–Crippen LogP) is 1.35. The standard InChI is InChI=1S/C12H11N3O3S/c13-8-3-1-7(2-4-8)11(16)14-5-10-15-9(6-19-10)12(17)18/h1-4,6H,5,13H2,(H,14,16)(H,17,18). The van der Waals surface area contributed by atoms with Gasteiger partial charge >= 0.3 is 5.97 Å². The number of amides is 1. The molecule has 0 radical (unpaired) electrons. The number of aromatic nitrogens is 1. The van der Waals surface area contributed by atoms with Crippen molar-refractivity contribution in [1.82, 2.24) is 10.3 Å². The Balaban J connectivity index is 1.96. The molecule has 0 aliphatic heterocycles. The number of nitrogens with two attached hydrogens (primary N) is 1. The molecule has 1 aromatic heterocycles. The average Bonchev–Trinajstić information content (AvgIpc) is 2.86. The van der Waals surface area contributed by atoms with E-state index in [1.807, 2.05) is 0 Å². The third kappa shape index (κ3) is 3.29. The molecule has 1 heterocycles. The van der Waals surface area contributed by atoms with Crippen LogP contribution in [0, 0.1) is 0 Å². The Morgan fingerprint density at radius 3 is 2.58 bits per heavy atom. The fourth-order valence-corrected chi connectivity index (χ4v) is 2.09. The van der Waals surface area contributed by atoms with Crippen molar-refractivity contribution in [3.63, 3.8) is 0 Å². The largest absolute Gasteiger partial charge is 0.476 e. The molecule has 7 heteroatoms. The SMILES string of the molecule is Nc1ccc(C(=O)NCc2nc(C(=O)O)cs2)cc1. The summed E-state index contributed by atoms with van der Waals surface area (Å²) in [6, 6.07) is 6.52. The lowest BCUT2D eigenvalue weighted by molar-refractivity contribution is 0.0691. The Bertz CT molecular complexity index is 607. The van der Waals surface area contributed by atoms with Gasteiger partial charge in [0.2, 0.25) is 0 Å². The van der Waals surface area contributed by atoms with Crippen molar-refractivity contribution >= 4 is 28.9 Å². The number of aromatic carboxylic acids is 1. The van der Waals surface area contributed by atoms with Crippen LogP contribution >= 0.6 is 11.3 Å². The molecule has 1 amide bonds. The van der Waals surface area contributed by atoms with Gasteiger partial charge < -0.3 is 16.2 Å². The summed E-state index contributed by atoms with van der Waals surface area (Å²) in [5, 5.41) is 13.4. The number of carboxylic acid groups (broad SMARTS) is 1. The molecule has 0 saturated heterocycles. The van der Waals surface area contributed by atoms with Crippen LogP contribution < -0.4 is 11.1 Å². The summed E-state index contributed by atoms with van der Waals surface area (Å²) in [6.07, 6.45) is 0. The molecule has 6 nitrogen and oxygen atoms in total. The average molecular weight is 277 g/mol. The van der Waals surface area contributed by atoms with Gasteiger partial charge in [0.1, 0.15) is 5.01 Å². The lowest BCUT2D eigenvalue weighted by Crippen LogP contribution is -2.22.